The van der Waals surface area contributed by atoms with E-state index in [1.165, 1.54) is 12.3 Å². The number of methoxy groups -OCH3 is 1. The molecule has 0 spiro atoms. The van der Waals surface area contributed by atoms with E-state index in [2.05, 4.69) is 4.98 Å². The van der Waals surface area contributed by atoms with Crippen molar-refractivity contribution in [2.45, 2.75) is 0 Å². The largest absolute Gasteiger partial charge is 0.497 e. The van der Waals surface area contributed by atoms with Gasteiger partial charge in [0.15, 0.2) is 0 Å². The lowest BCUT2D eigenvalue weighted by atomic mass is 10.2. The highest BCUT2D eigenvalue weighted by Gasteiger charge is 2.09. The molecule has 0 aliphatic heterocycles. The van der Waals surface area contributed by atoms with Crippen LogP contribution < -0.4 is 4.74 Å². The Morgan fingerprint density at radius 3 is 2.55 bits per heavy atom. The summed E-state index contributed by atoms with van der Waals surface area (Å²) in [4.78, 5) is 14.8. The van der Waals surface area contributed by atoms with E-state index < -0.39 is 4.92 Å². The Morgan fingerprint density at radius 1 is 1.15 bits per heavy atom. The maximum absolute atomic E-state index is 10.7. The van der Waals surface area contributed by atoms with E-state index in [0.29, 0.717) is 5.65 Å². The fourth-order valence-electron chi connectivity index (χ4n) is 1.99. The maximum atomic E-state index is 10.7. The Balaban J connectivity index is 2.05. The number of nitro groups is 1. The lowest BCUT2D eigenvalue weighted by molar-refractivity contribution is -0.385. The first kappa shape index (κ1) is 12.2. The average Bonchev–Trinajstić information content (AvgIpc) is 2.90. The Bertz CT molecular complexity index is 778. The van der Waals surface area contributed by atoms with Crippen molar-refractivity contribution in [2.24, 2.45) is 0 Å². The van der Waals surface area contributed by atoms with Crippen molar-refractivity contribution in [3.8, 4) is 17.0 Å². The highest BCUT2D eigenvalue weighted by atomic mass is 16.6. The van der Waals surface area contributed by atoms with E-state index in [0.717, 1.165) is 17.0 Å². The van der Waals surface area contributed by atoms with E-state index in [9.17, 15) is 10.1 Å². The zero-order chi connectivity index (χ0) is 14.1. The molecule has 0 N–H and O–H groups in total. The van der Waals surface area contributed by atoms with Gasteiger partial charge < -0.3 is 4.74 Å². The number of fused-ring (bicyclic) bond motifs is 1. The number of hydrogen-bond donors (Lipinski definition) is 0. The first-order chi connectivity index (χ1) is 9.67. The molecule has 2 aromatic heterocycles. The Hall–Kier alpha value is -2.89. The molecule has 0 saturated heterocycles. The standard InChI is InChI=1S/C14H11N3O3/c1-20-12-5-2-10(3-6-12)13-9-16-8-11(17(18)19)4-7-14(16)15-13/h2-9H,1H3. The van der Waals surface area contributed by atoms with Gasteiger partial charge in [-0.3, -0.25) is 14.5 Å². The summed E-state index contributed by atoms with van der Waals surface area (Å²) in [7, 11) is 1.61. The molecule has 0 unspecified atom stereocenters. The molecule has 1 aromatic carbocycles. The minimum Gasteiger partial charge on any atom is -0.497 e. The van der Waals surface area contributed by atoms with E-state index >= 15 is 0 Å². The summed E-state index contributed by atoms with van der Waals surface area (Å²) in [5.41, 5.74) is 2.39. The number of pyridine rings is 1. The molecular weight excluding hydrogens is 258 g/mol. The second kappa shape index (κ2) is 4.65. The molecule has 0 amide bonds. The zero-order valence-corrected chi connectivity index (χ0v) is 10.7. The van der Waals surface area contributed by atoms with Gasteiger partial charge in [0.25, 0.3) is 5.69 Å². The summed E-state index contributed by atoms with van der Waals surface area (Å²) >= 11 is 0. The van der Waals surface area contributed by atoms with Gasteiger partial charge in [-0.1, -0.05) is 0 Å². The third kappa shape index (κ3) is 2.07. The minimum absolute atomic E-state index is 0.0381. The molecule has 6 nitrogen and oxygen atoms in total. The van der Waals surface area contributed by atoms with Crippen LogP contribution in [0.3, 0.4) is 0 Å². The summed E-state index contributed by atoms with van der Waals surface area (Å²) in [5, 5.41) is 10.7. The summed E-state index contributed by atoms with van der Waals surface area (Å²) < 4.78 is 6.76. The number of imidazole rings is 1. The fraction of sp³-hybridized carbons (Fsp3) is 0.0714. The molecule has 3 aromatic rings. The van der Waals surface area contributed by atoms with Crippen LogP contribution in [0.1, 0.15) is 0 Å². The molecule has 6 heteroatoms. The van der Waals surface area contributed by atoms with Crippen LogP contribution in [0.5, 0.6) is 5.75 Å². The number of benzene rings is 1. The predicted octanol–water partition coefficient (Wildman–Crippen LogP) is 2.92. The second-order valence-electron chi connectivity index (χ2n) is 4.26. The number of hydrogen-bond acceptors (Lipinski definition) is 4. The monoisotopic (exact) mass is 269 g/mol. The highest BCUT2D eigenvalue weighted by Crippen LogP contribution is 2.23. The third-order valence-corrected chi connectivity index (χ3v) is 3.03. The zero-order valence-electron chi connectivity index (χ0n) is 10.7. The summed E-state index contributed by atoms with van der Waals surface area (Å²) in [6, 6.07) is 10.6. The normalized spacial score (nSPS) is 10.7. The predicted molar refractivity (Wildman–Crippen MR) is 73.8 cm³/mol. The summed E-state index contributed by atoms with van der Waals surface area (Å²) in [5.74, 6) is 0.771. The van der Waals surface area contributed by atoms with E-state index in [1.807, 2.05) is 24.3 Å². The molecule has 0 radical (unpaired) electrons. The first-order valence-corrected chi connectivity index (χ1v) is 5.95. The molecule has 20 heavy (non-hydrogen) atoms. The molecule has 0 aliphatic carbocycles. The van der Waals surface area contributed by atoms with Crippen molar-refractivity contribution in [1.82, 2.24) is 9.38 Å². The number of aromatic nitrogens is 2. The Labute approximate surface area is 114 Å². The molecule has 0 atom stereocenters. The molecule has 0 aliphatic rings. The number of ether oxygens (including phenoxy) is 1. The van der Waals surface area contributed by atoms with Gasteiger partial charge in [0.2, 0.25) is 0 Å². The van der Waals surface area contributed by atoms with Crippen molar-refractivity contribution in [3.63, 3.8) is 0 Å². The van der Waals surface area contributed by atoms with E-state index in [-0.39, 0.29) is 5.69 Å². The first-order valence-electron chi connectivity index (χ1n) is 5.95. The second-order valence-corrected chi connectivity index (χ2v) is 4.26. The van der Waals surface area contributed by atoms with Gasteiger partial charge >= 0.3 is 0 Å². The smallest absolute Gasteiger partial charge is 0.286 e. The highest BCUT2D eigenvalue weighted by molar-refractivity contribution is 5.63. The van der Waals surface area contributed by atoms with E-state index in [4.69, 9.17) is 4.74 Å². The van der Waals surface area contributed by atoms with Crippen LogP contribution in [-0.4, -0.2) is 21.4 Å². The maximum Gasteiger partial charge on any atom is 0.286 e. The average molecular weight is 269 g/mol. The van der Waals surface area contributed by atoms with Crippen LogP contribution in [0.15, 0.2) is 48.8 Å². The van der Waals surface area contributed by atoms with Gasteiger partial charge in [0.05, 0.1) is 23.9 Å². The lowest BCUT2D eigenvalue weighted by Crippen LogP contribution is -1.90. The van der Waals surface area contributed by atoms with Crippen molar-refractivity contribution in [2.75, 3.05) is 7.11 Å². The molecule has 0 bridgehead atoms. The van der Waals surface area contributed by atoms with Gasteiger partial charge in [-0.2, -0.15) is 0 Å². The molecule has 0 saturated carbocycles. The number of rotatable bonds is 3. The summed E-state index contributed by atoms with van der Waals surface area (Å²) in [6.45, 7) is 0. The molecular formula is C14H11N3O3. The third-order valence-electron chi connectivity index (χ3n) is 3.03. The molecule has 0 fully saturated rings. The van der Waals surface area contributed by atoms with E-state index in [1.54, 1.807) is 23.8 Å². The molecule has 2 heterocycles. The topological polar surface area (TPSA) is 69.7 Å². The SMILES string of the molecule is COc1ccc(-c2cn3cc([N+](=O)[O-])ccc3n2)cc1. The van der Waals surface area contributed by atoms with Gasteiger partial charge in [0.1, 0.15) is 11.4 Å². The summed E-state index contributed by atoms with van der Waals surface area (Å²) in [6.07, 6.45) is 3.22. The lowest BCUT2D eigenvalue weighted by Gasteiger charge is -1.99. The van der Waals surface area contributed by atoms with Gasteiger partial charge in [-0.05, 0) is 30.3 Å². The van der Waals surface area contributed by atoms with Gasteiger partial charge in [0, 0.05) is 17.8 Å². The minimum atomic E-state index is -0.424. The van der Waals surface area contributed by atoms with Crippen LogP contribution >= 0.6 is 0 Å². The van der Waals surface area contributed by atoms with Crippen LogP contribution in [-0.2, 0) is 0 Å². The number of nitrogens with zero attached hydrogens (tertiary/aromatic N) is 3. The molecule has 3 rings (SSSR count). The van der Waals surface area contributed by atoms with Crippen molar-refractivity contribution >= 4 is 11.3 Å². The molecule has 100 valence electrons. The van der Waals surface area contributed by atoms with Gasteiger partial charge in [-0.25, -0.2) is 4.98 Å². The Kier molecular flexibility index (Phi) is 2.83. The van der Waals surface area contributed by atoms with Crippen LogP contribution in [0.2, 0.25) is 0 Å². The van der Waals surface area contributed by atoms with Crippen LogP contribution in [0.4, 0.5) is 5.69 Å². The quantitative estimate of drug-likeness (QED) is 0.541. The van der Waals surface area contributed by atoms with Crippen LogP contribution in [0.25, 0.3) is 16.9 Å². The van der Waals surface area contributed by atoms with Crippen molar-refractivity contribution in [1.29, 1.82) is 0 Å². The van der Waals surface area contributed by atoms with Crippen LogP contribution in [0, 0.1) is 10.1 Å². The van der Waals surface area contributed by atoms with Gasteiger partial charge in [-0.15, -0.1) is 0 Å². The van der Waals surface area contributed by atoms with Crippen molar-refractivity contribution in [3.05, 3.63) is 58.9 Å². The van der Waals surface area contributed by atoms with Crippen molar-refractivity contribution < 1.29 is 9.66 Å². The Morgan fingerprint density at radius 2 is 1.90 bits per heavy atom. The fourth-order valence-corrected chi connectivity index (χ4v) is 1.99.